The van der Waals surface area contributed by atoms with Crippen LogP contribution in [0, 0.1) is 0 Å². The van der Waals surface area contributed by atoms with Gasteiger partial charge < -0.3 is 25.2 Å². The summed E-state index contributed by atoms with van der Waals surface area (Å²) in [6, 6.07) is 12.2. The van der Waals surface area contributed by atoms with Crippen LogP contribution in [0.15, 0.2) is 59.5 Å². The third-order valence-corrected chi connectivity index (χ3v) is 5.10. The first-order valence-electron chi connectivity index (χ1n) is 9.10. The van der Waals surface area contributed by atoms with Gasteiger partial charge in [0, 0.05) is 34.5 Å². The second kappa shape index (κ2) is 9.84. The molecule has 0 aromatic heterocycles. The van der Waals surface area contributed by atoms with Gasteiger partial charge in [-0.3, -0.25) is 9.59 Å². The quantitative estimate of drug-likeness (QED) is 0.458. The van der Waals surface area contributed by atoms with Gasteiger partial charge in [-0.25, -0.2) is 4.79 Å². The number of anilines is 2. The largest absolute Gasteiger partial charge is 0.486 e. The normalized spacial score (nSPS) is 13.5. The molecule has 1 atom stereocenters. The van der Waals surface area contributed by atoms with Crippen molar-refractivity contribution in [1.82, 2.24) is 0 Å². The smallest absolute Gasteiger partial charge is 0.328 e. The van der Waals surface area contributed by atoms with Crippen molar-refractivity contribution in [2.45, 2.75) is 17.1 Å². The molecule has 0 aliphatic carbocycles. The van der Waals surface area contributed by atoms with Crippen LogP contribution in [0.1, 0.15) is 6.92 Å². The van der Waals surface area contributed by atoms with Gasteiger partial charge in [0.15, 0.2) is 11.5 Å². The maximum absolute atomic E-state index is 12.5. The summed E-state index contributed by atoms with van der Waals surface area (Å²) in [4.78, 5) is 35.4. The number of benzene rings is 2. The van der Waals surface area contributed by atoms with E-state index in [1.165, 1.54) is 11.8 Å². The summed E-state index contributed by atoms with van der Waals surface area (Å²) in [5.74, 6) is -0.624. The molecule has 1 heterocycles. The molecular formula is C21H20N2O6S. The molecular weight excluding hydrogens is 408 g/mol. The number of carbonyl (C=O) groups excluding carboxylic acids is 2. The zero-order valence-electron chi connectivity index (χ0n) is 16.1. The topological polar surface area (TPSA) is 114 Å². The molecule has 156 valence electrons. The minimum atomic E-state index is -1.19. The lowest BCUT2D eigenvalue weighted by Gasteiger charge is -2.19. The van der Waals surface area contributed by atoms with Crippen LogP contribution in [-0.2, 0) is 14.4 Å². The standard InChI is InChI=1S/C21H20N2O6S/c1-13(21(27)23-15-4-7-17-18(12-15)29-11-10-28-17)30-16-5-2-14(3-6-16)22-19(24)8-9-20(25)26/h2-9,12-13H,10-11H2,1H3,(H,22,24)(H,23,27)(H,25,26)/b9-8+. The molecule has 2 aromatic rings. The van der Waals surface area contributed by atoms with E-state index in [0.717, 1.165) is 17.0 Å². The predicted molar refractivity (Wildman–Crippen MR) is 113 cm³/mol. The van der Waals surface area contributed by atoms with Crippen molar-refractivity contribution < 1.29 is 29.0 Å². The first-order valence-corrected chi connectivity index (χ1v) is 9.98. The van der Waals surface area contributed by atoms with Crippen molar-refractivity contribution in [3.63, 3.8) is 0 Å². The fourth-order valence-corrected chi connectivity index (χ4v) is 3.44. The van der Waals surface area contributed by atoms with Crippen molar-refractivity contribution in [3.05, 3.63) is 54.6 Å². The summed E-state index contributed by atoms with van der Waals surface area (Å²) in [5, 5.41) is 13.6. The Labute approximate surface area is 177 Å². The molecule has 1 aliphatic rings. The number of carboxylic acids is 1. The molecule has 0 radical (unpaired) electrons. The van der Waals surface area contributed by atoms with E-state index >= 15 is 0 Å². The molecule has 0 bridgehead atoms. The van der Waals surface area contributed by atoms with Crippen molar-refractivity contribution >= 4 is 40.9 Å². The van der Waals surface area contributed by atoms with E-state index in [-0.39, 0.29) is 11.2 Å². The minimum Gasteiger partial charge on any atom is -0.486 e. The molecule has 0 spiro atoms. The van der Waals surface area contributed by atoms with Gasteiger partial charge >= 0.3 is 5.97 Å². The van der Waals surface area contributed by atoms with Crippen LogP contribution in [0.5, 0.6) is 11.5 Å². The number of amides is 2. The number of rotatable bonds is 7. The Morgan fingerprint density at radius 1 is 0.967 bits per heavy atom. The van der Waals surface area contributed by atoms with Gasteiger partial charge in [-0.2, -0.15) is 0 Å². The van der Waals surface area contributed by atoms with E-state index in [1.807, 2.05) is 0 Å². The molecule has 3 N–H and O–H groups in total. The zero-order chi connectivity index (χ0) is 21.5. The fraction of sp³-hybridized carbons (Fsp3) is 0.190. The van der Waals surface area contributed by atoms with Gasteiger partial charge in [-0.1, -0.05) is 0 Å². The van der Waals surface area contributed by atoms with E-state index in [1.54, 1.807) is 49.4 Å². The third kappa shape index (κ3) is 6.02. The predicted octanol–water partition coefficient (Wildman–Crippen LogP) is 3.16. The number of carboxylic acid groups (broad SMARTS) is 1. The lowest BCUT2D eigenvalue weighted by Crippen LogP contribution is -2.22. The number of carbonyl (C=O) groups is 3. The molecule has 9 heteroatoms. The van der Waals surface area contributed by atoms with E-state index < -0.39 is 11.9 Å². The molecule has 2 amide bonds. The zero-order valence-corrected chi connectivity index (χ0v) is 16.9. The average Bonchev–Trinajstić information content (AvgIpc) is 2.73. The van der Waals surface area contributed by atoms with Gasteiger partial charge in [0.2, 0.25) is 11.8 Å². The van der Waals surface area contributed by atoms with Crippen LogP contribution >= 0.6 is 11.8 Å². The van der Waals surface area contributed by atoms with Gasteiger partial charge in [0.1, 0.15) is 13.2 Å². The highest BCUT2D eigenvalue weighted by molar-refractivity contribution is 8.00. The molecule has 1 aliphatic heterocycles. The van der Waals surface area contributed by atoms with Crippen LogP contribution in [0.3, 0.4) is 0 Å². The SMILES string of the molecule is CC(Sc1ccc(NC(=O)/C=C/C(=O)O)cc1)C(=O)Nc1ccc2c(c1)OCCO2. The van der Waals surface area contributed by atoms with Crippen LogP contribution < -0.4 is 20.1 Å². The van der Waals surface area contributed by atoms with Crippen LogP contribution in [0.4, 0.5) is 11.4 Å². The summed E-state index contributed by atoms with van der Waals surface area (Å²) >= 11 is 1.37. The monoisotopic (exact) mass is 428 g/mol. The first kappa shape index (κ1) is 21.3. The Balaban J connectivity index is 1.53. The number of thioether (sulfide) groups is 1. The van der Waals surface area contributed by atoms with Crippen molar-refractivity contribution in [1.29, 1.82) is 0 Å². The first-order chi connectivity index (χ1) is 14.4. The van der Waals surface area contributed by atoms with Crippen molar-refractivity contribution in [2.75, 3.05) is 23.8 Å². The van der Waals surface area contributed by atoms with Gasteiger partial charge in [-0.05, 0) is 43.3 Å². The Bertz CT molecular complexity index is 974. The second-order valence-corrected chi connectivity index (χ2v) is 7.71. The molecule has 30 heavy (non-hydrogen) atoms. The average molecular weight is 428 g/mol. The van der Waals surface area contributed by atoms with E-state index in [0.29, 0.717) is 36.1 Å². The lowest BCUT2D eigenvalue weighted by molar-refractivity contribution is -0.131. The number of ether oxygens (including phenoxy) is 2. The summed E-state index contributed by atoms with van der Waals surface area (Å²) < 4.78 is 11.0. The Hall–Kier alpha value is -3.46. The van der Waals surface area contributed by atoms with Crippen LogP contribution in [-0.4, -0.2) is 41.4 Å². The highest BCUT2D eigenvalue weighted by atomic mass is 32.2. The molecule has 0 fully saturated rings. The lowest BCUT2D eigenvalue weighted by atomic mass is 10.2. The van der Waals surface area contributed by atoms with Crippen LogP contribution in [0.2, 0.25) is 0 Å². The maximum atomic E-state index is 12.5. The number of hydrogen-bond donors (Lipinski definition) is 3. The van der Waals surface area contributed by atoms with Crippen LogP contribution in [0.25, 0.3) is 0 Å². The van der Waals surface area contributed by atoms with Gasteiger partial charge in [0.05, 0.1) is 5.25 Å². The summed E-state index contributed by atoms with van der Waals surface area (Å²) in [6.07, 6.45) is 1.71. The van der Waals surface area contributed by atoms with E-state index in [2.05, 4.69) is 10.6 Å². The van der Waals surface area contributed by atoms with E-state index in [4.69, 9.17) is 14.6 Å². The third-order valence-electron chi connectivity index (χ3n) is 3.99. The Kier molecular flexibility index (Phi) is 6.97. The van der Waals surface area contributed by atoms with E-state index in [9.17, 15) is 14.4 Å². The molecule has 2 aromatic carbocycles. The molecule has 1 unspecified atom stereocenters. The molecule has 8 nitrogen and oxygen atoms in total. The van der Waals surface area contributed by atoms with Gasteiger partial charge in [0.25, 0.3) is 0 Å². The highest BCUT2D eigenvalue weighted by Gasteiger charge is 2.17. The van der Waals surface area contributed by atoms with Crippen molar-refractivity contribution in [3.8, 4) is 11.5 Å². The highest BCUT2D eigenvalue weighted by Crippen LogP contribution is 2.33. The number of fused-ring (bicyclic) bond motifs is 1. The molecule has 0 saturated carbocycles. The number of aliphatic carboxylic acids is 1. The summed E-state index contributed by atoms with van der Waals surface area (Å²) in [7, 11) is 0. The fourth-order valence-electron chi connectivity index (χ4n) is 2.57. The minimum absolute atomic E-state index is 0.159. The maximum Gasteiger partial charge on any atom is 0.328 e. The Morgan fingerprint density at radius 3 is 2.33 bits per heavy atom. The molecule has 0 saturated heterocycles. The van der Waals surface area contributed by atoms with Crippen molar-refractivity contribution in [2.24, 2.45) is 0 Å². The summed E-state index contributed by atoms with van der Waals surface area (Å²) in [5.41, 5.74) is 1.15. The Morgan fingerprint density at radius 2 is 1.63 bits per heavy atom. The summed E-state index contributed by atoms with van der Waals surface area (Å²) in [6.45, 7) is 2.78. The second-order valence-electron chi connectivity index (χ2n) is 6.29. The number of hydrogen-bond acceptors (Lipinski definition) is 6. The van der Waals surface area contributed by atoms with Gasteiger partial charge in [-0.15, -0.1) is 11.8 Å². The molecule has 3 rings (SSSR count). The number of nitrogens with one attached hydrogen (secondary N) is 2.